The topological polar surface area (TPSA) is 20.2 Å². The molecule has 0 spiro atoms. The summed E-state index contributed by atoms with van der Waals surface area (Å²) in [6.45, 7) is 11.4. The van der Waals surface area contributed by atoms with Crippen LogP contribution in [0.5, 0.6) is 0 Å². The lowest BCUT2D eigenvalue weighted by atomic mass is 9.80. The van der Waals surface area contributed by atoms with E-state index in [0.717, 1.165) is 12.0 Å². The maximum Gasteiger partial charge on any atom is 0.0690 e. The molecule has 0 aliphatic heterocycles. The molecule has 2 aromatic rings. The van der Waals surface area contributed by atoms with Gasteiger partial charge in [-0.3, -0.25) is 0 Å². The van der Waals surface area contributed by atoms with Crippen LogP contribution < -0.4 is 0 Å². The van der Waals surface area contributed by atoms with Crippen molar-refractivity contribution < 1.29 is 5.11 Å². The smallest absolute Gasteiger partial charge is 0.0690 e. The highest BCUT2D eigenvalue weighted by atomic mass is 16.3. The number of aliphatic hydroxyl groups is 1. The monoisotopic (exact) mass is 324 g/mol. The third-order valence-corrected chi connectivity index (χ3v) is 4.86. The largest absolute Gasteiger partial charge is 0.392 e. The Bertz CT molecular complexity index is 653. The maximum absolute atomic E-state index is 10.2. The quantitative estimate of drug-likeness (QED) is 0.621. The molecule has 1 heteroatoms. The molecule has 0 fully saturated rings. The van der Waals surface area contributed by atoms with E-state index in [0.29, 0.717) is 11.8 Å². The number of benzene rings is 2. The van der Waals surface area contributed by atoms with E-state index in [1.807, 2.05) is 0 Å². The van der Waals surface area contributed by atoms with Crippen molar-refractivity contribution in [3.05, 3.63) is 58.7 Å². The average molecular weight is 325 g/mol. The molecule has 1 nitrogen and oxygen atoms in total. The summed E-state index contributed by atoms with van der Waals surface area (Å²) in [7, 11) is 0. The van der Waals surface area contributed by atoms with Crippen LogP contribution >= 0.6 is 0 Å². The lowest BCUT2D eigenvalue weighted by Gasteiger charge is -2.25. The third kappa shape index (κ3) is 3.89. The summed E-state index contributed by atoms with van der Waals surface area (Å²) in [5, 5.41) is 10.2. The summed E-state index contributed by atoms with van der Waals surface area (Å²) in [5.41, 5.74) is 7.81. The zero-order chi connectivity index (χ0) is 17.7. The fraction of sp³-hybridized carbons (Fsp3) is 0.478. The molecule has 1 N–H and O–H groups in total. The van der Waals surface area contributed by atoms with Crippen LogP contribution in [0, 0.1) is 0 Å². The Kier molecular flexibility index (Phi) is 6.62. The number of hydrogen-bond donors (Lipinski definition) is 1. The van der Waals surface area contributed by atoms with Crippen molar-refractivity contribution in [3.8, 4) is 11.1 Å². The molecule has 0 aromatic heterocycles. The molecule has 130 valence electrons. The number of aliphatic hydroxyl groups excluding tert-OH is 1. The Balaban J connectivity index is 2.83. The summed E-state index contributed by atoms with van der Waals surface area (Å²) >= 11 is 0. The van der Waals surface area contributed by atoms with Gasteiger partial charge in [0.1, 0.15) is 0 Å². The van der Waals surface area contributed by atoms with Crippen molar-refractivity contribution in [3.63, 3.8) is 0 Å². The summed E-state index contributed by atoms with van der Waals surface area (Å²) < 4.78 is 0. The van der Waals surface area contributed by atoms with Crippen LogP contribution in [0.1, 0.15) is 81.5 Å². The van der Waals surface area contributed by atoms with Gasteiger partial charge < -0.3 is 5.11 Å². The zero-order valence-corrected chi connectivity index (χ0v) is 15.9. The molecule has 24 heavy (non-hydrogen) atoms. The van der Waals surface area contributed by atoms with Crippen LogP contribution in [-0.4, -0.2) is 5.11 Å². The first-order chi connectivity index (χ1) is 11.5. The van der Waals surface area contributed by atoms with Gasteiger partial charge in [0.15, 0.2) is 0 Å². The lowest BCUT2D eigenvalue weighted by Crippen LogP contribution is -2.08. The second-order valence-corrected chi connectivity index (χ2v) is 7.32. The van der Waals surface area contributed by atoms with Crippen LogP contribution in [0.4, 0.5) is 0 Å². The van der Waals surface area contributed by atoms with E-state index in [-0.39, 0.29) is 6.61 Å². The first kappa shape index (κ1) is 18.7. The van der Waals surface area contributed by atoms with E-state index in [1.54, 1.807) is 0 Å². The van der Waals surface area contributed by atoms with E-state index in [2.05, 4.69) is 71.0 Å². The molecule has 0 saturated carbocycles. The van der Waals surface area contributed by atoms with Gasteiger partial charge in [0, 0.05) is 0 Å². The molecular formula is C23H32O. The molecule has 0 amide bonds. The van der Waals surface area contributed by atoms with Gasteiger partial charge >= 0.3 is 0 Å². The predicted octanol–water partition coefficient (Wildman–Crippen LogP) is 6.44. The zero-order valence-electron chi connectivity index (χ0n) is 15.9. The Morgan fingerprint density at radius 1 is 0.875 bits per heavy atom. The molecular weight excluding hydrogens is 292 g/mol. The molecule has 2 rings (SSSR count). The molecule has 0 radical (unpaired) electrons. The van der Waals surface area contributed by atoms with E-state index in [4.69, 9.17) is 0 Å². The number of rotatable bonds is 7. The van der Waals surface area contributed by atoms with Crippen molar-refractivity contribution in [1.82, 2.24) is 0 Å². The van der Waals surface area contributed by atoms with Crippen molar-refractivity contribution in [1.29, 1.82) is 0 Å². The van der Waals surface area contributed by atoms with Crippen LogP contribution in [0.2, 0.25) is 0 Å². The van der Waals surface area contributed by atoms with Gasteiger partial charge in [0.25, 0.3) is 0 Å². The fourth-order valence-corrected chi connectivity index (χ4v) is 3.59. The van der Waals surface area contributed by atoms with Crippen molar-refractivity contribution in [2.24, 2.45) is 0 Å². The summed E-state index contributed by atoms with van der Waals surface area (Å²) in [6.07, 6.45) is 3.46. The minimum atomic E-state index is 0.106. The Morgan fingerprint density at radius 2 is 1.46 bits per heavy atom. The van der Waals surface area contributed by atoms with Gasteiger partial charge in [-0.1, -0.05) is 77.4 Å². The maximum atomic E-state index is 10.2. The standard InChI is InChI=1S/C23H32O/c1-6-7-13-19-20(16(2)3)14-21(17(4)5)22(15-24)23(19)18-11-9-8-10-12-18/h8-12,14,16-17,24H,6-7,13,15H2,1-5H3. The molecule has 0 atom stereocenters. The predicted molar refractivity (Wildman–Crippen MR) is 105 cm³/mol. The van der Waals surface area contributed by atoms with E-state index >= 15 is 0 Å². The highest BCUT2D eigenvalue weighted by Crippen LogP contribution is 2.39. The van der Waals surface area contributed by atoms with Crippen molar-refractivity contribution in [2.45, 2.75) is 72.3 Å². The van der Waals surface area contributed by atoms with Crippen molar-refractivity contribution >= 4 is 0 Å². The van der Waals surface area contributed by atoms with Gasteiger partial charge in [-0.15, -0.1) is 0 Å². The summed E-state index contributed by atoms with van der Waals surface area (Å²) in [5.74, 6) is 0.900. The van der Waals surface area contributed by atoms with Gasteiger partial charge in [-0.25, -0.2) is 0 Å². The molecule has 0 aliphatic carbocycles. The minimum Gasteiger partial charge on any atom is -0.392 e. The van der Waals surface area contributed by atoms with Crippen LogP contribution in [0.15, 0.2) is 36.4 Å². The summed E-state index contributed by atoms with van der Waals surface area (Å²) in [4.78, 5) is 0. The van der Waals surface area contributed by atoms with Gasteiger partial charge in [-0.05, 0) is 58.1 Å². The van der Waals surface area contributed by atoms with Crippen LogP contribution in [0.25, 0.3) is 11.1 Å². The average Bonchev–Trinajstić information content (AvgIpc) is 2.58. The van der Waals surface area contributed by atoms with Crippen molar-refractivity contribution in [2.75, 3.05) is 0 Å². The minimum absolute atomic E-state index is 0.106. The van der Waals surface area contributed by atoms with Gasteiger partial charge in [-0.2, -0.15) is 0 Å². The van der Waals surface area contributed by atoms with E-state index in [9.17, 15) is 5.11 Å². The lowest BCUT2D eigenvalue weighted by molar-refractivity contribution is 0.280. The normalized spacial score (nSPS) is 11.5. The Morgan fingerprint density at radius 3 is 1.96 bits per heavy atom. The molecule has 0 saturated heterocycles. The highest BCUT2D eigenvalue weighted by Gasteiger charge is 2.21. The van der Waals surface area contributed by atoms with E-state index < -0.39 is 0 Å². The number of unbranched alkanes of at least 4 members (excludes halogenated alkanes) is 1. The third-order valence-electron chi connectivity index (χ3n) is 4.86. The first-order valence-corrected chi connectivity index (χ1v) is 9.36. The van der Waals surface area contributed by atoms with E-state index in [1.165, 1.54) is 40.7 Å². The number of hydrogen-bond acceptors (Lipinski definition) is 1. The summed E-state index contributed by atoms with van der Waals surface area (Å²) in [6, 6.07) is 13.0. The SMILES string of the molecule is CCCCc1c(C(C)C)cc(C(C)C)c(CO)c1-c1ccccc1. The van der Waals surface area contributed by atoms with Crippen LogP contribution in [0.3, 0.4) is 0 Å². The second-order valence-electron chi connectivity index (χ2n) is 7.32. The van der Waals surface area contributed by atoms with Gasteiger partial charge in [0.2, 0.25) is 0 Å². The molecule has 0 heterocycles. The molecule has 0 unspecified atom stereocenters. The molecule has 0 aliphatic rings. The fourth-order valence-electron chi connectivity index (χ4n) is 3.59. The first-order valence-electron chi connectivity index (χ1n) is 9.36. The van der Waals surface area contributed by atoms with Gasteiger partial charge in [0.05, 0.1) is 6.61 Å². The second kappa shape index (κ2) is 8.48. The highest BCUT2D eigenvalue weighted by molar-refractivity contribution is 5.74. The van der Waals surface area contributed by atoms with Crippen LogP contribution in [-0.2, 0) is 13.0 Å². The molecule has 2 aromatic carbocycles. The Labute approximate surface area is 147 Å². The Hall–Kier alpha value is -1.60. The molecule has 0 bridgehead atoms.